The zero-order valence-electron chi connectivity index (χ0n) is 32.3. The Morgan fingerprint density at radius 1 is 0.660 bits per heavy atom. The summed E-state index contributed by atoms with van der Waals surface area (Å²) in [6.07, 6.45) is 0. The van der Waals surface area contributed by atoms with Crippen LogP contribution in [-0.4, -0.2) is 116 Å². The summed E-state index contributed by atoms with van der Waals surface area (Å²) in [5.41, 5.74) is 2.72. The zero-order valence-corrected chi connectivity index (χ0v) is 32.3. The van der Waals surface area contributed by atoms with Crippen LogP contribution in [0.2, 0.25) is 0 Å². The van der Waals surface area contributed by atoms with Crippen LogP contribution in [0, 0.1) is 0 Å². The Bertz CT molecular complexity index is 1070. The van der Waals surface area contributed by atoms with E-state index in [0.717, 1.165) is 39.3 Å². The van der Waals surface area contributed by atoms with Crippen LogP contribution in [0.1, 0.15) is 93.4 Å². The van der Waals surface area contributed by atoms with Crippen molar-refractivity contribution in [2.75, 3.05) is 58.9 Å². The van der Waals surface area contributed by atoms with Gasteiger partial charge in [0.25, 0.3) is 5.91 Å². The van der Waals surface area contributed by atoms with E-state index in [2.05, 4.69) is 26.7 Å². The van der Waals surface area contributed by atoms with Crippen LogP contribution < -0.4 is 26.7 Å². The summed E-state index contributed by atoms with van der Waals surface area (Å²) in [6, 6.07) is 6.01. The summed E-state index contributed by atoms with van der Waals surface area (Å²) in [4.78, 5) is 54.7. The standard InChI is InChI=1S/C17H28N6O3.3C6H12O2/c24-15-3-1-14(2-4-15)17(26)21-9-8-20-16(25)13-23-12-11-19-6-5-18-7-10-22-23;3*1-5(7)8-6(2,3)4/h1-4,18-19,22,24H,5-13H2,(H,20,25)(H,21,26);3*1-4H3. The maximum atomic E-state index is 12.0. The molecule has 1 aliphatic heterocycles. The minimum atomic E-state index is -0.328. The van der Waals surface area contributed by atoms with Crippen molar-refractivity contribution in [1.29, 1.82) is 0 Å². The second kappa shape index (κ2) is 25.2. The van der Waals surface area contributed by atoms with E-state index in [1.165, 1.54) is 32.9 Å². The lowest BCUT2D eigenvalue weighted by Gasteiger charge is -2.24. The molecule has 0 unspecified atom stereocenters. The van der Waals surface area contributed by atoms with Crippen molar-refractivity contribution >= 4 is 29.7 Å². The number of nitrogens with one attached hydrogen (secondary N) is 5. The number of phenolic OH excluding ortho intramolecular Hbond substituents is 1. The molecule has 15 nitrogen and oxygen atoms in total. The van der Waals surface area contributed by atoms with E-state index in [1.807, 2.05) is 67.3 Å². The molecule has 1 aromatic rings. The first-order valence-corrected chi connectivity index (χ1v) is 16.7. The van der Waals surface area contributed by atoms with E-state index in [1.54, 1.807) is 12.1 Å². The Morgan fingerprint density at radius 3 is 1.46 bits per heavy atom. The van der Waals surface area contributed by atoms with Gasteiger partial charge >= 0.3 is 17.9 Å². The highest BCUT2D eigenvalue weighted by Gasteiger charge is 2.14. The third kappa shape index (κ3) is 35.5. The summed E-state index contributed by atoms with van der Waals surface area (Å²) in [6.45, 7) is 26.8. The molecule has 1 saturated heterocycles. The van der Waals surface area contributed by atoms with Crippen molar-refractivity contribution in [3.63, 3.8) is 0 Å². The number of nitrogens with zero attached hydrogens (tertiary/aromatic N) is 1. The molecular weight excluding hydrogens is 648 g/mol. The van der Waals surface area contributed by atoms with E-state index < -0.39 is 0 Å². The molecule has 0 aliphatic carbocycles. The van der Waals surface area contributed by atoms with Crippen molar-refractivity contribution in [1.82, 2.24) is 31.7 Å². The highest BCUT2D eigenvalue weighted by atomic mass is 16.6. The number of aromatic hydroxyl groups is 1. The minimum Gasteiger partial charge on any atom is -0.508 e. The summed E-state index contributed by atoms with van der Waals surface area (Å²) in [7, 11) is 0. The average molecular weight is 713 g/mol. The lowest BCUT2D eigenvalue weighted by atomic mass is 10.2. The van der Waals surface area contributed by atoms with Crippen LogP contribution in [0.3, 0.4) is 0 Å². The summed E-state index contributed by atoms with van der Waals surface area (Å²) >= 11 is 0. The molecule has 0 saturated carbocycles. The van der Waals surface area contributed by atoms with Crippen LogP contribution in [0.5, 0.6) is 5.75 Å². The van der Waals surface area contributed by atoms with Gasteiger partial charge in [0.05, 0.1) is 6.54 Å². The average Bonchev–Trinajstić information content (AvgIpc) is 2.92. The number of hydrogen-bond acceptors (Lipinski definition) is 13. The molecule has 0 radical (unpaired) electrons. The lowest BCUT2D eigenvalue weighted by Crippen LogP contribution is -2.51. The maximum Gasteiger partial charge on any atom is 0.303 e. The van der Waals surface area contributed by atoms with Gasteiger partial charge < -0.3 is 40.6 Å². The number of carbonyl (C=O) groups is 5. The van der Waals surface area contributed by atoms with Gasteiger partial charge in [-0.2, -0.15) is 0 Å². The van der Waals surface area contributed by atoms with Crippen LogP contribution >= 0.6 is 0 Å². The number of esters is 3. The normalized spacial score (nSPS) is 13.9. The molecule has 15 heteroatoms. The van der Waals surface area contributed by atoms with Gasteiger partial charge in [0.1, 0.15) is 22.6 Å². The second-order valence-electron chi connectivity index (χ2n) is 14.1. The quantitative estimate of drug-likeness (QED) is 0.143. The number of hydrazine groups is 1. The molecule has 0 aromatic heterocycles. The smallest absolute Gasteiger partial charge is 0.303 e. The number of amides is 2. The van der Waals surface area contributed by atoms with E-state index >= 15 is 0 Å². The van der Waals surface area contributed by atoms with Crippen LogP contribution in [0.4, 0.5) is 0 Å². The number of hydrogen-bond donors (Lipinski definition) is 6. The van der Waals surface area contributed by atoms with E-state index in [0.29, 0.717) is 18.7 Å². The van der Waals surface area contributed by atoms with Crippen LogP contribution in [0.15, 0.2) is 24.3 Å². The predicted octanol–water partition coefficient (Wildman–Crippen LogP) is 2.28. The molecule has 0 spiro atoms. The first kappa shape index (κ1) is 48.3. The lowest BCUT2D eigenvalue weighted by molar-refractivity contribution is -0.153. The summed E-state index contributed by atoms with van der Waals surface area (Å²) in [5, 5.41) is 23.2. The predicted molar refractivity (Wildman–Crippen MR) is 193 cm³/mol. The molecule has 2 amide bonds. The van der Waals surface area contributed by atoms with E-state index in [4.69, 9.17) is 14.2 Å². The monoisotopic (exact) mass is 712 g/mol. The van der Waals surface area contributed by atoms with Crippen molar-refractivity contribution in [3.8, 4) is 5.75 Å². The van der Waals surface area contributed by atoms with Crippen molar-refractivity contribution in [3.05, 3.63) is 29.8 Å². The van der Waals surface area contributed by atoms with Crippen molar-refractivity contribution in [2.24, 2.45) is 0 Å². The number of phenols is 1. The van der Waals surface area contributed by atoms with Gasteiger partial charge in [-0.05, 0) is 86.6 Å². The highest BCUT2D eigenvalue weighted by molar-refractivity contribution is 5.94. The SMILES string of the molecule is CC(=O)OC(C)(C)C.CC(=O)OC(C)(C)C.CC(=O)OC(C)(C)C.O=C(CN1CCNCCNCCN1)NCCNC(=O)c1ccc(O)cc1. The summed E-state index contributed by atoms with van der Waals surface area (Å²) in [5.74, 6) is -0.895. The van der Waals surface area contributed by atoms with Gasteiger partial charge in [-0.25, -0.2) is 5.01 Å². The summed E-state index contributed by atoms with van der Waals surface area (Å²) < 4.78 is 14.4. The molecule has 2 rings (SSSR count). The second-order valence-corrected chi connectivity index (χ2v) is 14.1. The molecule has 0 atom stereocenters. The molecule has 6 N–H and O–H groups in total. The third-order valence-electron chi connectivity index (χ3n) is 5.22. The Balaban J connectivity index is 0. The molecule has 1 fully saturated rings. The zero-order chi connectivity index (χ0) is 39.0. The van der Waals surface area contributed by atoms with Gasteiger partial charge in [-0.3, -0.25) is 29.4 Å². The first-order valence-electron chi connectivity index (χ1n) is 16.7. The molecule has 288 valence electrons. The fraction of sp³-hybridized carbons (Fsp3) is 0.686. The Hall–Kier alpha value is -3.79. The fourth-order valence-electron chi connectivity index (χ4n) is 3.77. The topological polar surface area (TPSA) is 197 Å². The third-order valence-corrected chi connectivity index (χ3v) is 5.22. The molecular formula is C35H64N6O9. The maximum absolute atomic E-state index is 12.0. The van der Waals surface area contributed by atoms with Crippen LogP contribution in [0.25, 0.3) is 0 Å². The largest absolute Gasteiger partial charge is 0.508 e. The number of rotatable bonds is 6. The van der Waals surface area contributed by atoms with Gasteiger partial charge in [0, 0.05) is 78.7 Å². The Labute approximate surface area is 298 Å². The van der Waals surface area contributed by atoms with Gasteiger partial charge in [0.15, 0.2) is 0 Å². The van der Waals surface area contributed by atoms with Crippen LogP contribution in [-0.2, 0) is 33.4 Å². The highest BCUT2D eigenvalue weighted by Crippen LogP contribution is 2.09. The fourth-order valence-corrected chi connectivity index (χ4v) is 3.77. The van der Waals surface area contributed by atoms with E-state index in [9.17, 15) is 29.1 Å². The number of carbonyl (C=O) groups excluding carboxylic acids is 5. The molecule has 1 aliphatic rings. The minimum absolute atomic E-state index is 0.0959. The van der Waals surface area contributed by atoms with Crippen molar-refractivity contribution in [2.45, 2.75) is 99.9 Å². The molecule has 0 bridgehead atoms. The molecule has 50 heavy (non-hydrogen) atoms. The molecule has 1 heterocycles. The molecule has 1 aromatic carbocycles. The Morgan fingerprint density at radius 2 is 1.06 bits per heavy atom. The van der Waals surface area contributed by atoms with Gasteiger partial charge in [-0.1, -0.05) is 0 Å². The van der Waals surface area contributed by atoms with Crippen molar-refractivity contribution < 1.29 is 43.3 Å². The van der Waals surface area contributed by atoms with E-state index in [-0.39, 0.29) is 58.8 Å². The Kier molecular flexibility index (Phi) is 24.4. The first-order chi connectivity index (χ1) is 22.9. The number of ether oxygens (including phenoxy) is 3. The number of benzene rings is 1. The van der Waals surface area contributed by atoms with Gasteiger partial charge in [-0.15, -0.1) is 0 Å². The van der Waals surface area contributed by atoms with Gasteiger partial charge in [0.2, 0.25) is 5.91 Å².